The first kappa shape index (κ1) is 13.8. The highest BCUT2D eigenvalue weighted by Gasteiger charge is 1.94. The van der Waals surface area contributed by atoms with E-state index in [0.717, 1.165) is 32.2 Å². The van der Waals surface area contributed by atoms with Crippen LogP contribution in [0.1, 0.15) is 32.6 Å². The van der Waals surface area contributed by atoms with Gasteiger partial charge in [-0.3, -0.25) is 9.59 Å². The van der Waals surface area contributed by atoms with Crippen LogP contribution in [0.25, 0.3) is 0 Å². The van der Waals surface area contributed by atoms with Crippen molar-refractivity contribution >= 4 is 11.7 Å². The molecule has 4 nitrogen and oxygen atoms in total. The van der Waals surface area contributed by atoms with Gasteiger partial charge in [-0.25, -0.2) is 0 Å². The number of rotatable bonds is 8. The summed E-state index contributed by atoms with van der Waals surface area (Å²) >= 11 is 0. The maximum atomic E-state index is 11.1. The molecule has 0 spiro atoms. The monoisotopic (exact) mass is 212 g/mol. The topological polar surface area (TPSA) is 72.2 Å². The SMILES string of the molecule is CC(=O)/C=C\C(=O)NCCCCCCN. The summed E-state index contributed by atoms with van der Waals surface area (Å²) < 4.78 is 0. The maximum Gasteiger partial charge on any atom is 0.244 e. The molecule has 0 bridgehead atoms. The molecule has 0 unspecified atom stereocenters. The van der Waals surface area contributed by atoms with Gasteiger partial charge in [-0.2, -0.15) is 0 Å². The Morgan fingerprint density at radius 3 is 2.40 bits per heavy atom. The van der Waals surface area contributed by atoms with Gasteiger partial charge in [0.25, 0.3) is 0 Å². The molecule has 0 aliphatic heterocycles. The van der Waals surface area contributed by atoms with Crippen LogP contribution in [0.4, 0.5) is 0 Å². The van der Waals surface area contributed by atoms with Crippen LogP contribution in [0.3, 0.4) is 0 Å². The van der Waals surface area contributed by atoms with E-state index >= 15 is 0 Å². The Balaban J connectivity index is 3.35. The smallest absolute Gasteiger partial charge is 0.244 e. The number of allylic oxidation sites excluding steroid dienone is 1. The number of carbonyl (C=O) groups is 2. The van der Waals surface area contributed by atoms with Gasteiger partial charge in [0, 0.05) is 12.6 Å². The van der Waals surface area contributed by atoms with E-state index in [1.807, 2.05) is 0 Å². The molecule has 0 radical (unpaired) electrons. The van der Waals surface area contributed by atoms with Crippen molar-refractivity contribution in [1.82, 2.24) is 5.32 Å². The van der Waals surface area contributed by atoms with Gasteiger partial charge in [-0.1, -0.05) is 12.8 Å². The highest BCUT2D eigenvalue weighted by Crippen LogP contribution is 1.96. The largest absolute Gasteiger partial charge is 0.353 e. The summed E-state index contributed by atoms with van der Waals surface area (Å²) in [5, 5.41) is 2.71. The molecular formula is C11H20N2O2. The Kier molecular flexibility index (Phi) is 8.67. The number of unbranched alkanes of at least 4 members (excludes halogenated alkanes) is 3. The average Bonchev–Trinajstić information content (AvgIpc) is 2.20. The van der Waals surface area contributed by atoms with Crippen LogP contribution in [-0.4, -0.2) is 24.8 Å². The molecule has 0 saturated heterocycles. The summed E-state index contributed by atoms with van der Waals surface area (Å²) in [5.41, 5.74) is 5.35. The Hall–Kier alpha value is -1.16. The van der Waals surface area contributed by atoms with Gasteiger partial charge in [0.15, 0.2) is 5.78 Å². The van der Waals surface area contributed by atoms with Crippen LogP contribution in [0, 0.1) is 0 Å². The number of hydrogen-bond acceptors (Lipinski definition) is 3. The fraction of sp³-hybridized carbons (Fsp3) is 0.636. The molecule has 0 heterocycles. The highest BCUT2D eigenvalue weighted by atomic mass is 16.1. The minimum atomic E-state index is -0.205. The van der Waals surface area contributed by atoms with Crippen molar-refractivity contribution in [3.05, 3.63) is 12.2 Å². The minimum Gasteiger partial charge on any atom is -0.353 e. The first-order valence-corrected chi connectivity index (χ1v) is 5.33. The van der Waals surface area contributed by atoms with Gasteiger partial charge in [0.2, 0.25) is 5.91 Å². The molecule has 0 atom stereocenters. The summed E-state index contributed by atoms with van der Waals surface area (Å²) in [6, 6.07) is 0. The van der Waals surface area contributed by atoms with Crippen molar-refractivity contribution in [2.24, 2.45) is 5.73 Å². The summed E-state index contributed by atoms with van der Waals surface area (Å²) in [7, 11) is 0. The third-order valence-corrected chi connectivity index (χ3v) is 1.90. The molecule has 3 N–H and O–H groups in total. The van der Waals surface area contributed by atoms with Gasteiger partial charge >= 0.3 is 0 Å². The van der Waals surface area contributed by atoms with Gasteiger partial charge in [0.1, 0.15) is 0 Å². The highest BCUT2D eigenvalue weighted by molar-refractivity contribution is 5.96. The predicted octanol–water partition coefficient (Wildman–Crippen LogP) is 0.767. The molecule has 0 aliphatic rings. The van der Waals surface area contributed by atoms with Crippen LogP contribution >= 0.6 is 0 Å². The van der Waals surface area contributed by atoms with E-state index in [0.29, 0.717) is 6.54 Å². The number of nitrogens with one attached hydrogen (secondary N) is 1. The van der Waals surface area contributed by atoms with Gasteiger partial charge in [-0.05, 0) is 32.4 Å². The van der Waals surface area contributed by atoms with Crippen molar-refractivity contribution in [3.8, 4) is 0 Å². The lowest BCUT2D eigenvalue weighted by atomic mass is 10.2. The normalized spacial score (nSPS) is 10.5. The zero-order chi connectivity index (χ0) is 11.5. The Morgan fingerprint density at radius 2 is 1.80 bits per heavy atom. The van der Waals surface area contributed by atoms with Crippen molar-refractivity contribution in [3.63, 3.8) is 0 Å². The molecule has 1 amide bonds. The van der Waals surface area contributed by atoms with Crippen LogP contribution in [0.15, 0.2) is 12.2 Å². The van der Waals surface area contributed by atoms with Gasteiger partial charge in [-0.15, -0.1) is 0 Å². The molecule has 0 aromatic rings. The molecule has 0 saturated carbocycles. The molecule has 0 aromatic heterocycles. The van der Waals surface area contributed by atoms with Crippen LogP contribution in [0.5, 0.6) is 0 Å². The lowest BCUT2D eigenvalue weighted by molar-refractivity contribution is -0.117. The molecule has 86 valence electrons. The fourth-order valence-electron chi connectivity index (χ4n) is 1.09. The van der Waals surface area contributed by atoms with Crippen LogP contribution in [-0.2, 0) is 9.59 Å². The minimum absolute atomic E-state index is 0.118. The van der Waals surface area contributed by atoms with E-state index in [1.54, 1.807) is 0 Å². The number of carbonyl (C=O) groups excluding carboxylic acids is 2. The first-order chi connectivity index (χ1) is 7.16. The maximum absolute atomic E-state index is 11.1. The molecule has 0 rings (SSSR count). The van der Waals surface area contributed by atoms with E-state index < -0.39 is 0 Å². The third kappa shape index (κ3) is 10.8. The van der Waals surface area contributed by atoms with E-state index in [4.69, 9.17) is 5.73 Å². The molecule has 0 aliphatic carbocycles. The van der Waals surface area contributed by atoms with Gasteiger partial charge in [0.05, 0.1) is 0 Å². The van der Waals surface area contributed by atoms with E-state index in [9.17, 15) is 9.59 Å². The van der Waals surface area contributed by atoms with E-state index in [1.165, 1.54) is 19.1 Å². The molecule has 0 aromatic carbocycles. The number of hydrogen-bond donors (Lipinski definition) is 2. The Morgan fingerprint density at radius 1 is 1.13 bits per heavy atom. The van der Waals surface area contributed by atoms with Crippen LogP contribution < -0.4 is 11.1 Å². The van der Waals surface area contributed by atoms with E-state index in [2.05, 4.69) is 5.32 Å². The zero-order valence-electron chi connectivity index (χ0n) is 9.29. The summed E-state index contributed by atoms with van der Waals surface area (Å²) in [6.45, 7) is 2.80. The van der Waals surface area contributed by atoms with Crippen molar-refractivity contribution in [2.45, 2.75) is 32.6 Å². The lowest BCUT2D eigenvalue weighted by Crippen LogP contribution is -2.22. The number of amides is 1. The molecule has 4 heteroatoms. The van der Waals surface area contributed by atoms with Crippen molar-refractivity contribution in [2.75, 3.05) is 13.1 Å². The second kappa shape index (κ2) is 9.40. The standard InChI is InChI=1S/C11H20N2O2/c1-10(14)6-7-11(15)13-9-5-3-2-4-8-12/h6-7H,2-5,8-9,12H2,1H3,(H,13,15)/b7-6-. The quantitative estimate of drug-likeness (QED) is 0.461. The fourth-order valence-corrected chi connectivity index (χ4v) is 1.09. The third-order valence-electron chi connectivity index (χ3n) is 1.90. The number of ketones is 1. The van der Waals surface area contributed by atoms with Crippen LogP contribution in [0.2, 0.25) is 0 Å². The average molecular weight is 212 g/mol. The Bertz CT molecular complexity index is 225. The molecule has 15 heavy (non-hydrogen) atoms. The van der Waals surface area contributed by atoms with Crippen molar-refractivity contribution < 1.29 is 9.59 Å². The molecule has 0 fully saturated rings. The lowest BCUT2D eigenvalue weighted by Gasteiger charge is -2.01. The second-order valence-corrected chi connectivity index (χ2v) is 3.44. The predicted molar refractivity (Wildman–Crippen MR) is 60.4 cm³/mol. The first-order valence-electron chi connectivity index (χ1n) is 5.33. The Labute approximate surface area is 90.9 Å². The summed E-state index contributed by atoms with van der Waals surface area (Å²) in [5.74, 6) is -0.322. The zero-order valence-corrected chi connectivity index (χ0v) is 9.29. The number of nitrogens with two attached hydrogens (primary N) is 1. The summed E-state index contributed by atoms with van der Waals surface area (Å²) in [6.07, 6.45) is 6.72. The van der Waals surface area contributed by atoms with Crippen molar-refractivity contribution in [1.29, 1.82) is 0 Å². The summed E-state index contributed by atoms with van der Waals surface area (Å²) in [4.78, 5) is 21.6. The molecular weight excluding hydrogens is 192 g/mol. The van der Waals surface area contributed by atoms with E-state index in [-0.39, 0.29) is 11.7 Å². The second-order valence-electron chi connectivity index (χ2n) is 3.44. The van der Waals surface area contributed by atoms with Gasteiger partial charge < -0.3 is 11.1 Å².